The van der Waals surface area contributed by atoms with Crippen molar-refractivity contribution in [3.63, 3.8) is 0 Å². The van der Waals surface area contributed by atoms with E-state index in [1.165, 1.54) is 0 Å². The molecule has 0 heterocycles. The Morgan fingerprint density at radius 1 is 1.50 bits per heavy atom. The quantitative estimate of drug-likeness (QED) is 0.789. The summed E-state index contributed by atoms with van der Waals surface area (Å²) in [5.74, 6) is 0.312. The first-order chi connectivity index (χ1) is 7.69. The molecule has 0 aromatic heterocycles. The van der Waals surface area contributed by atoms with Gasteiger partial charge >= 0.3 is 0 Å². The molecule has 16 heavy (non-hydrogen) atoms. The fourth-order valence-electron chi connectivity index (χ4n) is 1.77. The first-order valence-corrected chi connectivity index (χ1v) is 5.86. The molecule has 1 amide bonds. The molecule has 0 atom stereocenters. The molecule has 1 fully saturated rings. The van der Waals surface area contributed by atoms with Gasteiger partial charge in [0.05, 0.1) is 6.10 Å². The number of amides is 1. The minimum absolute atomic E-state index is 0.0936. The molecule has 1 aromatic rings. The standard InChI is InChI=1S/C12H14ClNO2/c13-7-8-2-1-3-9(4-8)12(16)14-10-5-11(15)6-10/h1-4,10-11,15H,5-7H2,(H,14,16). The van der Waals surface area contributed by atoms with E-state index >= 15 is 0 Å². The molecule has 1 aromatic carbocycles. The molecule has 1 aliphatic carbocycles. The Kier molecular flexibility index (Phi) is 3.46. The van der Waals surface area contributed by atoms with Crippen molar-refractivity contribution in [3.05, 3.63) is 35.4 Å². The van der Waals surface area contributed by atoms with Crippen LogP contribution in [-0.4, -0.2) is 23.2 Å². The number of alkyl halides is 1. The monoisotopic (exact) mass is 239 g/mol. The molecule has 0 aliphatic heterocycles. The number of rotatable bonds is 3. The third-order valence-corrected chi connectivity index (χ3v) is 3.10. The highest BCUT2D eigenvalue weighted by molar-refractivity contribution is 6.17. The van der Waals surface area contributed by atoms with E-state index in [4.69, 9.17) is 16.7 Å². The second-order valence-corrected chi connectivity index (χ2v) is 4.40. The molecule has 3 nitrogen and oxygen atoms in total. The highest BCUT2D eigenvalue weighted by atomic mass is 35.5. The van der Waals surface area contributed by atoms with E-state index in [9.17, 15) is 4.79 Å². The van der Waals surface area contributed by atoms with Gasteiger partial charge in [0.15, 0.2) is 0 Å². The largest absolute Gasteiger partial charge is 0.393 e. The predicted octanol–water partition coefficient (Wildman–Crippen LogP) is 1.68. The average Bonchev–Trinajstić information content (AvgIpc) is 2.27. The smallest absolute Gasteiger partial charge is 0.251 e. The van der Waals surface area contributed by atoms with Gasteiger partial charge in [-0.3, -0.25) is 4.79 Å². The molecule has 0 unspecified atom stereocenters. The van der Waals surface area contributed by atoms with E-state index in [2.05, 4.69) is 5.32 Å². The van der Waals surface area contributed by atoms with Crippen LogP contribution in [0.2, 0.25) is 0 Å². The topological polar surface area (TPSA) is 49.3 Å². The van der Waals surface area contributed by atoms with Gasteiger partial charge in [-0.05, 0) is 30.5 Å². The lowest BCUT2D eigenvalue weighted by Crippen LogP contribution is -2.46. The molecule has 1 saturated carbocycles. The van der Waals surface area contributed by atoms with Crippen LogP contribution in [0.3, 0.4) is 0 Å². The molecule has 4 heteroatoms. The molecule has 1 aliphatic rings. The van der Waals surface area contributed by atoms with E-state index in [-0.39, 0.29) is 18.1 Å². The van der Waals surface area contributed by atoms with Crippen LogP contribution in [0.1, 0.15) is 28.8 Å². The zero-order chi connectivity index (χ0) is 11.5. The summed E-state index contributed by atoms with van der Waals surface area (Å²) in [6.45, 7) is 0. The maximum Gasteiger partial charge on any atom is 0.251 e. The fraction of sp³-hybridized carbons (Fsp3) is 0.417. The van der Waals surface area contributed by atoms with Crippen LogP contribution in [0.15, 0.2) is 24.3 Å². The van der Waals surface area contributed by atoms with Crippen LogP contribution in [0.4, 0.5) is 0 Å². The van der Waals surface area contributed by atoms with Crippen molar-refractivity contribution in [1.82, 2.24) is 5.32 Å². The van der Waals surface area contributed by atoms with E-state index in [1.54, 1.807) is 12.1 Å². The van der Waals surface area contributed by atoms with E-state index < -0.39 is 0 Å². The van der Waals surface area contributed by atoms with Crippen LogP contribution in [0.5, 0.6) is 0 Å². The van der Waals surface area contributed by atoms with Crippen molar-refractivity contribution in [2.24, 2.45) is 0 Å². The van der Waals surface area contributed by atoms with Gasteiger partial charge in [-0.15, -0.1) is 11.6 Å². The van der Waals surface area contributed by atoms with Gasteiger partial charge in [0, 0.05) is 17.5 Å². The number of benzene rings is 1. The highest BCUT2D eigenvalue weighted by Gasteiger charge is 2.28. The van der Waals surface area contributed by atoms with Gasteiger partial charge in [0.1, 0.15) is 0 Å². The number of hydrogen-bond acceptors (Lipinski definition) is 2. The van der Waals surface area contributed by atoms with Crippen LogP contribution in [-0.2, 0) is 5.88 Å². The second-order valence-electron chi connectivity index (χ2n) is 4.13. The molecular formula is C12H14ClNO2. The number of aliphatic hydroxyl groups is 1. The SMILES string of the molecule is O=C(NC1CC(O)C1)c1cccc(CCl)c1. The molecular weight excluding hydrogens is 226 g/mol. The lowest BCUT2D eigenvalue weighted by atomic mass is 9.89. The molecule has 86 valence electrons. The van der Waals surface area contributed by atoms with Gasteiger partial charge in [0.25, 0.3) is 5.91 Å². The summed E-state index contributed by atoms with van der Waals surface area (Å²) in [7, 11) is 0. The van der Waals surface area contributed by atoms with Gasteiger partial charge in [-0.1, -0.05) is 12.1 Å². The summed E-state index contributed by atoms with van der Waals surface area (Å²) in [5.41, 5.74) is 1.56. The fourth-order valence-corrected chi connectivity index (χ4v) is 1.94. The Balaban J connectivity index is 1.97. The molecule has 0 spiro atoms. The minimum Gasteiger partial charge on any atom is -0.393 e. The second kappa shape index (κ2) is 4.85. The highest BCUT2D eigenvalue weighted by Crippen LogP contribution is 2.20. The van der Waals surface area contributed by atoms with Gasteiger partial charge in [-0.2, -0.15) is 0 Å². The summed E-state index contributed by atoms with van der Waals surface area (Å²) < 4.78 is 0. The van der Waals surface area contributed by atoms with E-state index in [0.717, 1.165) is 5.56 Å². The third-order valence-electron chi connectivity index (χ3n) is 2.79. The lowest BCUT2D eigenvalue weighted by molar-refractivity contribution is 0.0562. The van der Waals surface area contributed by atoms with Crippen LogP contribution in [0, 0.1) is 0 Å². The van der Waals surface area contributed by atoms with Gasteiger partial charge in [0.2, 0.25) is 0 Å². The van der Waals surface area contributed by atoms with Crippen molar-refractivity contribution in [1.29, 1.82) is 0 Å². The summed E-state index contributed by atoms with van der Waals surface area (Å²) in [6, 6.07) is 7.37. The third kappa shape index (κ3) is 2.54. The normalized spacial score (nSPS) is 23.6. The lowest BCUT2D eigenvalue weighted by Gasteiger charge is -2.31. The Morgan fingerprint density at radius 3 is 2.88 bits per heavy atom. The molecule has 2 N–H and O–H groups in total. The molecule has 0 saturated heterocycles. The van der Waals surface area contributed by atoms with Crippen molar-refractivity contribution in [2.75, 3.05) is 0 Å². The van der Waals surface area contributed by atoms with E-state index in [1.807, 2.05) is 12.1 Å². The Hall–Kier alpha value is -1.06. The molecule has 0 radical (unpaired) electrons. The van der Waals surface area contributed by atoms with Crippen molar-refractivity contribution in [2.45, 2.75) is 30.9 Å². The van der Waals surface area contributed by atoms with E-state index in [0.29, 0.717) is 24.3 Å². The Morgan fingerprint density at radius 2 is 2.25 bits per heavy atom. The zero-order valence-corrected chi connectivity index (χ0v) is 9.57. The van der Waals surface area contributed by atoms with Crippen LogP contribution in [0.25, 0.3) is 0 Å². The summed E-state index contributed by atoms with van der Waals surface area (Å²) in [6.07, 6.45) is 1.06. The first kappa shape index (κ1) is 11.4. The maximum absolute atomic E-state index is 11.8. The summed E-state index contributed by atoms with van der Waals surface area (Å²) in [5, 5.41) is 12.0. The summed E-state index contributed by atoms with van der Waals surface area (Å²) in [4.78, 5) is 11.8. The van der Waals surface area contributed by atoms with Crippen LogP contribution >= 0.6 is 11.6 Å². The number of aliphatic hydroxyl groups excluding tert-OH is 1. The number of carbonyl (C=O) groups excluding carboxylic acids is 1. The Labute approximate surface area is 99.4 Å². The molecule has 2 rings (SSSR count). The van der Waals surface area contributed by atoms with Crippen LogP contribution < -0.4 is 5.32 Å². The number of hydrogen-bond donors (Lipinski definition) is 2. The number of nitrogens with one attached hydrogen (secondary N) is 1. The minimum atomic E-state index is -0.250. The number of halogens is 1. The first-order valence-electron chi connectivity index (χ1n) is 5.33. The van der Waals surface area contributed by atoms with Crippen molar-refractivity contribution >= 4 is 17.5 Å². The zero-order valence-electron chi connectivity index (χ0n) is 8.82. The van der Waals surface area contributed by atoms with Crippen molar-refractivity contribution < 1.29 is 9.90 Å². The molecule has 0 bridgehead atoms. The summed E-state index contributed by atoms with van der Waals surface area (Å²) >= 11 is 5.70. The number of carbonyl (C=O) groups is 1. The Bertz CT molecular complexity index is 388. The predicted molar refractivity (Wildman–Crippen MR) is 62.5 cm³/mol. The average molecular weight is 240 g/mol. The van der Waals surface area contributed by atoms with Crippen molar-refractivity contribution in [3.8, 4) is 0 Å². The van der Waals surface area contributed by atoms with Gasteiger partial charge in [-0.25, -0.2) is 0 Å². The van der Waals surface area contributed by atoms with Gasteiger partial charge < -0.3 is 10.4 Å². The maximum atomic E-state index is 11.8.